The lowest BCUT2D eigenvalue weighted by Gasteiger charge is -2.47. The Kier molecular flexibility index (Phi) is 5.13. The SMILES string of the molecule is C[Si]1(C)O[Si](C)(C)O[Si](C)(CCCl)O[Si](C)(C)O1. The highest BCUT2D eigenvalue weighted by molar-refractivity contribution is 6.93. The molecule has 0 spiro atoms. The summed E-state index contributed by atoms with van der Waals surface area (Å²) in [6.45, 7) is 14.5. The predicted molar refractivity (Wildman–Crippen MR) is 83.9 cm³/mol. The van der Waals surface area contributed by atoms with Crippen LogP contribution in [0.2, 0.25) is 51.9 Å². The van der Waals surface area contributed by atoms with Crippen LogP contribution in [0.4, 0.5) is 0 Å². The summed E-state index contributed by atoms with van der Waals surface area (Å²) in [6, 6.07) is 0.774. The molecule has 1 aliphatic heterocycles. The van der Waals surface area contributed by atoms with E-state index in [1.165, 1.54) is 0 Å². The fraction of sp³-hybridized carbons (Fsp3) is 1.00. The van der Waals surface area contributed by atoms with E-state index in [9.17, 15) is 0 Å². The smallest absolute Gasteiger partial charge is 0.318 e. The topological polar surface area (TPSA) is 36.9 Å². The van der Waals surface area contributed by atoms with E-state index in [-0.39, 0.29) is 0 Å². The third-order valence-electron chi connectivity index (χ3n) is 2.46. The van der Waals surface area contributed by atoms with Gasteiger partial charge in [-0.15, -0.1) is 11.6 Å². The molecule has 18 heavy (non-hydrogen) atoms. The van der Waals surface area contributed by atoms with Crippen molar-refractivity contribution in [2.24, 2.45) is 0 Å². The minimum Gasteiger partial charge on any atom is -0.416 e. The van der Waals surface area contributed by atoms with Crippen LogP contribution in [0.25, 0.3) is 0 Å². The summed E-state index contributed by atoms with van der Waals surface area (Å²) in [7, 11) is -8.87. The van der Waals surface area contributed by atoms with Crippen LogP contribution in [0, 0.1) is 0 Å². The summed E-state index contributed by atoms with van der Waals surface area (Å²) in [4.78, 5) is 0. The Balaban J connectivity index is 3.01. The molecule has 0 aromatic rings. The largest absolute Gasteiger partial charge is 0.416 e. The lowest BCUT2D eigenvalue weighted by Crippen LogP contribution is -2.65. The van der Waals surface area contributed by atoms with Gasteiger partial charge in [0.05, 0.1) is 0 Å². The summed E-state index contributed by atoms with van der Waals surface area (Å²) in [5.74, 6) is 0.554. The lowest BCUT2D eigenvalue weighted by atomic mass is 11.0. The molecule has 0 aromatic heterocycles. The molecule has 0 radical (unpaired) electrons. The zero-order valence-corrected chi connectivity index (χ0v) is 17.2. The second kappa shape index (κ2) is 5.41. The molecule has 1 fully saturated rings. The number of hydrogen-bond donors (Lipinski definition) is 0. The number of alkyl halides is 1. The van der Waals surface area contributed by atoms with Crippen molar-refractivity contribution < 1.29 is 16.5 Å². The van der Waals surface area contributed by atoms with Gasteiger partial charge >= 0.3 is 34.2 Å². The van der Waals surface area contributed by atoms with Crippen molar-refractivity contribution in [3.63, 3.8) is 0 Å². The van der Waals surface area contributed by atoms with Crippen LogP contribution in [-0.4, -0.2) is 40.1 Å². The minimum atomic E-state index is -2.29. The van der Waals surface area contributed by atoms with Gasteiger partial charge in [0.2, 0.25) is 0 Å². The molecule has 108 valence electrons. The molecule has 0 aromatic carbocycles. The van der Waals surface area contributed by atoms with E-state index in [0.29, 0.717) is 5.88 Å². The second-order valence-corrected chi connectivity index (χ2v) is 21.0. The molecule has 1 heterocycles. The Morgan fingerprint density at radius 3 is 1.33 bits per heavy atom. The first kappa shape index (κ1) is 17.1. The summed E-state index contributed by atoms with van der Waals surface area (Å²) >= 11 is 5.89. The van der Waals surface area contributed by atoms with Crippen molar-refractivity contribution in [3.8, 4) is 0 Å². The van der Waals surface area contributed by atoms with Gasteiger partial charge in [-0.3, -0.25) is 0 Å². The summed E-state index contributed by atoms with van der Waals surface area (Å²) in [5.41, 5.74) is 0. The predicted octanol–water partition coefficient (Wildman–Crippen LogP) is 3.48. The van der Waals surface area contributed by atoms with Gasteiger partial charge in [0.1, 0.15) is 0 Å². The van der Waals surface area contributed by atoms with Gasteiger partial charge in [-0.05, 0) is 45.8 Å². The molecule has 0 N–H and O–H groups in total. The molecular formula is C9H25ClO4Si4. The van der Waals surface area contributed by atoms with Crippen LogP contribution in [0.5, 0.6) is 0 Å². The van der Waals surface area contributed by atoms with Gasteiger partial charge in [0, 0.05) is 11.9 Å². The highest BCUT2D eigenvalue weighted by atomic mass is 35.5. The van der Waals surface area contributed by atoms with E-state index in [0.717, 1.165) is 6.04 Å². The first-order valence-corrected chi connectivity index (χ1v) is 17.8. The third-order valence-corrected chi connectivity index (χ3v) is 19.4. The highest BCUT2D eigenvalue weighted by Crippen LogP contribution is 2.32. The zero-order valence-electron chi connectivity index (χ0n) is 12.4. The van der Waals surface area contributed by atoms with Crippen molar-refractivity contribution in [3.05, 3.63) is 0 Å². The quantitative estimate of drug-likeness (QED) is 0.567. The zero-order chi connectivity index (χ0) is 14.2. The maximum absolute atomic E-state index is 6.32. The first-order valence-electron chi connectivity index (χ1n) is 6.25. The fourth-order valence-electron chi connectivity index (χ4n) is 2.58. The van der Waals surface area contributed by atoms with Crippen molar-refractivity contribution in [2.75, 3.05) is 5.88 Å². The standard InChI is InChI=1S/C9H25ClO4Si4/c1-15(2)11-16(3,4)13-18(7,9-8-10)14-17(5,6)12-15/h8-9H2,1-7H3. The van der Waals surface area contributed by atoms with Crippen molar-refractivity contribution in [1.29, 1.82) is 0 Å². The average molecular weight is 345 g/mol. The Morgan fingerprint density at radius 1 is 0.667 bits per heavy atom. The molecule has 0 amide bonds. The average Bonchev–Trinajstić information content (AvgIpc) is 1.91. The summed E-state index contributed by atoms with van der Waals surface area (Å²) in [6.07, 6.45) is 0. The molecule has 1 aliphatic rings. The van der Waals surface area contributed by atoms with Gasteiger partial charge in [0.25, 0.3) is 0 Å². The van der Waals surface area contributed by atoms with E-state index >= 15 is 0 Å². The number of halogens is 1. The van der Waals surface area contributed by atoms with E-state index in [1.54, 1.807) is 0 Å². The maximum atomic E-state index is 6.32. The summed E-state index contributed by atoms with van der Waals surface area (Å²) < 4.78 is 25.1. The van der Waals surface area contributed by atoms with E-state index in [1.807, 2.05) is 0 Å². The number of rotatable bonds is 2. The van der Waals surface area contributed by atoms with Crippen LogP contribution in [0.1, 0.15) is 0 Å². The van der Waals surface area contributed by atoms with Crippen molar-refractivity contribution >= 4 is 45.8 Å². The van der Waals surface area contributed by atoms with Crippen molar-refractivity contribution in [2.45, 2.75) is 51.9 Å². The normalized spacial score (nSPS) is 29.3. The molecule has 1 rings (SSSR count). The number of hydrogen-bond acceptors (Lipinski definition) is 4. The monoisotopic (exact) mass is 344 g/mol. The van der Waals surface area contributed by atoms with Crippen LogP contribution in [0.3, 0.4) is 0 Å². The molecule has 0 unspecified atom stereocenters. The van der Waals surface area contributed by atoms with Crippen LogP contribution < -0.4 is 0 Å². The molecule has 0 aliphatic carbocycles. The molecule has 4 nitrogen and oxygen atoms in total. The van der Waals surface area contributed by atoms with Crippen molar-refractivity contribution in [1.82, 2.24) is 0 Å². The third kappa shape index (κ3) is 5.17. The second-order valence-electron chi connectivity index (χ2n) is 6.18. The van der Waals surface area contributed by atoms with Crippen LogP contribution in [0.15, 0.2) is 0 Å². The van der Waals surface area contributed by atoms with Gasteiger partial charge in [0.15, 0.2) is 0 Å². The first-order chi connectivity index (χ1) is 7.89. The van der Waals surface area contributed by atoms with E-state index in [4.69, 9.17) is 28.1 Å². The molecular weight excluding hydrogens is 320 g/mol. The lowest BCUT2D eigenvalue weighted by molar-refractivity contribution is 0.235. The Bertz CT molecular complexity index is 289. The maximum Gasteiger partial charge on any atom is 0.318 e. The van der Waals surface area contributed by atoms with E-state index < -0.39 is 34.2 Å². The highest BCUT2D eigenvalue weighted by Gasteiger charge is 2.51. The van der Waals surface area contributed by atoms with Gasteiger partial charge in [-0.2, -0.15) is 0 Å². The Labute approximate surface area is 120 Å². The minimum absolute atomic E-state index is 0.554. The fourth-order valence-corrected chi connectivity index (χ4v) is 24.7. The van der Waals surface area contributed by atoms with Gasteiger partial charge in [-0.25, -0.2) is 0 Å². The Morgan fingerprint density at radius 2 is 1.00 bits per heavy atom. The van der Waals surface area contributed by atoms with Crippen LogP contribution >= 0.6 is 11.6 Å². The van der Waals surface area contributed by atoms with Gasteiger partial charge in [-0.1, -0.05) is 0 Å². The summed E-state index contributed by atoms with van der Waals surface area (Å²) in [5, 5.41) is 0. The molecule has 9 heteroatoms. The van der Waals surface area contributed by atoms with Gasteiger partial charge < -0.3 is 16.5 Å². The molecule has 0 saturated carbocycles. The Hall–Kier alpha value is 0.998. The van der Waals surface area contributed by atoms with Crippen LogP contribution in [-0.2, 0) is 16.5 Å². The molecule has 1 saturated heterocycles. The molecule has 0 bridgehead atoms. The van der Waals surface area contributed by atoms with E-state index in [2.05, 4.69) is 45.8 Å². The molecule has 0 atom stereocenters.